The van der Waals surface area contributed by atoms with Gasteiger partial charge in [-0.25, -0.2) is 0 Å². The number of nitrogens with two attached hydrogens (primary N) is 1. The van der Waals surface area contributed by atoms with Gasteiger partial charge in [-0.2, -0.15) is 0 Å². The predicted molar refractivity (Wildman–Crippen MR) is 52.2 cm³/mol. The van der Waals surface area contributed by atoms with E-state index in [4.69, 9.17) is 5.73 Å². The summed E-state index contributed by atoms with van der Waals surface area (Å²) >= 11 is 0. The van der Waals surface area contributed by atoms with Gasteiger partial charge in [0.1, 0.15) is 0 Å². The number of likely N-dealkylation sites (N-methyl/N-ethyl adjacent to an activating group) is 1. The molecule has 2 atom stereocenters. The minimum atomic E-state index is 0.306. The molecule has 0 radical (unpaired) electrons. The molecule has 0 aromatic heterocycles. The molecule has 3 heteroatoms. The van der Waals surface area contributed by atoms with Gasteiger partial charge in [0.25, 0.3) is 0 Å². The molecule has 0 bridgehead atoms. The summed E-state index contributed by atoms with van der Waals surface area (Å²) in [5, 5.41) is 0. The SMILES string of the molecule is CC(N)CN1CCN(C)C(C)C1. The zero-order chi connectivity index (χ0) is 9.14. The Morgan fingerprint density at radius 2 is 2.17 bits per heavy atom. The molecule has 0 amide bonds. The fraction of sp³-hybridized carbons (Fsp3) is 1.00. The summed E-state index contributed by atoms with van der Waals surface area (Å²) in [6, 6.07) is 0.984. The van der Waals surface area contributed by atoms with E-state index in [1.807, 2.05) is 0 Å². The van der Waals surface area contributed by atoms with E-state index in [0.717, 1.165) is 13.1 Å². The van der Waals surface area contributed by atoms with E-state index < -0.39 is 0 Å². The molecule has 0 aromatic rings. The van der Waals surface area contributed by atoms with Gasteiger partial charge in [0.2, 0.25) is 0 Å². The fourth-order valence-corrected chi connectivity index (χ4v) is 1.70. The third-order valence-electron chi connectivity index (χ3n) is 2.59. The summed E-state index contributed by atoms with van der Waals surface area (Å²) in [6.45, 7) is 8.89. The summed E-state index contributed by atoms with van der Waals surface area (Å²) in [6.07, 6.45) is 0. The maximum absolute atomic E-state index is 5.75. The molecule has 0 aromatic carbocycles. The van der Waals surface area contributed by atoms with Crippen molar-refractivity contribution in [3.63, 3.8) is 0 Å². The van der Waals surface area contributed by atoms with Crippen LogP contribution in [0.25, 0.3) is 0 Å². The van der Waals surface area contributed by atoms with Crippen molar-refractivity contribution < 1.29 is 0 Å². The van der Waals surface area contributed by atoms with Crippen molar-refractivity contribution in [3.05, 3.63) is 0 Å². The van der Waals surface area contributed by atoms with Crippen molar-refractivity contribution >= 4 is 0 Å². The van der Waals surface area contributed by atoms with E-state index in [0.29, 0.717) is 12.1 Å². The number of hydrogen-bond acceptors (Lipinski definition) is 3. The zero-order valence-corrected chi connectivity index (χ0v) is 8.45. The van der Waals surface area contributed by atoms with Crippen LogP contribution in [0.3, 0.4) is 0 Å². The van der Waals surface area contributed by atoms with Crippen LogP contribution in [0.2, 0.25) is 0 Å². The molecular formula is C9H21N3. The van der Waals surface area contributed by atoms with Crippen LogP contribution < -0.4 is 5.73 Å². The minimum absolute atomic E-state index is 0.306. The molecule has 0 aliphatic carbocycles. The van der Waals surface area contributed by atoms with Gasteiger partial charge in [-0.3, -0.25) is 4.90 Å². The highest BCUT2D eigenvalue weighted by atomic mass is 15.3. The predicted octanol–water partition coefficient (Wildman–Crippen LogP) is -0.0305. The highest BCUT2D eigenvalue weighted by molar-refractivity contribution is 4.78. The lowest BCUT2D eigenvalue weighted by atomic mass is 10.2. The number of hydrogen-bond donors (Lipinski definition) is 1. The van der Waals surface area contributed by atoms with Crippen molar-refractivity contribution in [2.75, 3.05) is 33.2 Å². The van der Waals surface area contributed by atoms with Crippen LogP contribution in [0.4, 0.5) is 0 Å². The Labute approximate surface area is 75.5 Å². The summed E-state index contributed by atoms with van der Waals surface area (Å²) in [5.41, 5.74) is 5.75. The average Bonchev–Trinajstić information content (AvgIpc) is 1.96. The Kier molecular flexibility index (Phi) is 3.50. The second-order valence-corrected chi connectivity index (χ2v) is 4.07. The first-order valence-electron chi connectivity index (χ1n) is 4.77. The van der Waals surface area contributed by atoms with E-state index >= 15 is 0 Å². The van der Waals surface area contributed by atoms with Crippen LogP contribution >= 0.6 is 0 Å². The Morgan fingerprint density at radius 3 is 2.67 bits per heavy atom. The molecule has 1 fully saturated rings. The van der Waals surface area contributed by atoms with E-state index in [1.165, 1.54) is 13.1 Å². The Hall–Kier alpha value is -0.120. The van der Waals surface area contributed by atoms with Gasteiger partial charge in [-0.15, -0.1) is 0 Å². The Balaban J connectivity index is 2.30. The molecule has 1 aliphatic heterocycles. The maximum Gasteiger partial charge on any atom is 0.0192 e. The summed E-state index contributed by atoms with van der Waals surface area (Å²) < 4.78 is 0. The summed E-state index contributed by atoms with van der Waals surface area (Å²) in [7, 11) is 2.19. The van der Waals surface area contributed by atoms with Crippen LogP contribution in [0.5, 0.6) is 0 Å². The first kappa shape index (κ1) is 9.96. The number of rotatable bonds is 2. The summed E-state index contributed by atoms with van der Waals surface area (Å²) in [4.78, 5) is 4.85. The lowest BCUT2D eigenvalue weighted by Gasteiger charge is -2.38. The molecular weight excluding hydrogens is 150 g/mol. The second kappa shape index (κ2) is 4.21. The number of piperazine rings is 1. The van der Waals surface area contributed by atoms with Gasteiger partial charge in [0.15, 0.2) is 0 Å². The molecule has 12 heavy (non-hydrogen) atoms. The van der Waals surface area contributed by atoms with Crippen LogP contribution in [0, 0.1) is 0 Å². The molecule has 3 nitrogen and oxygen atoms in total. The third-order valence-corrected chi connectivity index (χ3v) is 2.59. The normalized spacial score (nSPS) is 30.5. The highest BCUT2D eigenvalue weighted by Crippen LogP contribution is 2.06. The van der Waals surface area contributed by atoms with E-state index in [2.05, 4.69) is 30.7 Å². The molecule has 0 saturated carbocycles. The minimum Gasteiger partial charge on any atom is -0.327 e. The molecule has 1 saturated heterocycles. The van der Waals surface area contributed by atoms with Gasteiger partial charge < -0.3 is 10.6 Å². The molecule has 1 heterocycles. The number of nitrogens with zero attached hydrogens (tertiary/aromatic N) is 2. The summed E-state index contributed by atoms with van der Waals surface area (Å²) in [5.74, 6) is 0. The molecule has 72 valence electrons. The molecule has 1 aliphatic rings. The standard InChI is InChI=1S/C9H21N3/c1-8(10)6-12-5-4-11(3)9(2)7-12/h8-9H,4-7,10H2,1-3H3. The molecule has 2 unspecified atom stereocenters. The topological polar surface area (TPSA) is 32.5 Å². The zero-order valence-electron chi connectivity index (χ0n) is 8.45. The van der Waals surface area contributed by atoms with Crippen LogP contribution in [-0.2, 0) is 0 Å². The Bertz CT molecular complexity index is 136. The lowest BCUT2D eigenvalue weighted by molar-refractivity contribution is 0.102. The maximum atomic E-state index is 5.75. The highest BCUT2D eigenvalue weighted by Gasteiger charge is 2.20. The van der Waals surface area contributed by atoms with Crippen LogP contribution in [0.15, 0.2) is 0 Å². The lowest BCUT2D eigenvalue weighted by Crippen LogP contribution is -2.52. The van der Waals surface area contributed by atoms with Gasteiger partial charge >= 0.3 is 0 Å². The quantitative estimate of drug-likeness (QED) is 0.633. The van der Waals surface area contributed by atoms with Gasteiger partial charge in [-0.1, -0.05) is 0 Å². The van der Waals surface area contributed by atoms with E-state index in [1.54, 1.807) is 0 Å². The smallest absolute Gasteiger partial charge is 0.0192 e. The van der Waals surface area contributed by atoms with E-state index in [9.17, 15) is 0 Å². The Morgan fingerprint density at radius 1 is 1.50 bits per heavy atom. The molecule has 1 rings (SSSR count). The van der Waals surface area contributed by atoms with E-state index in [-0.39, 0.29) is 0 Å². The fourth-order valence-electron chi connectivity index (χ4n) is 1.70. The largest absolute Gasteiger partial charge is 0.327 e. The van der Waals surface area contributed by atoms with Crippen molar-refractivity contribution in [2.24, 2.45) is 5.73 Å². The third kappa shape index (κ3) is 2.73. The van der Waals surface area contributed by atoms with Crippen molar-refractivity contribution in [1.82, 2.24) is 9.80 Å². The van der Waals surface area contributed by atoms with Gasteiger partial charge in [0, 0.05) is 38.3 Å². The first-order chi connectivity index (χ1) is 5.59. The second-order valence-electron chi connectivity index (χ2n) is 4.07. The van der Waals surface area contributed by atoms with Crippen LogP contribution in [0.1, 0.15) is 13.8 Å². The van der Waals surface area contributed by atoms with Crippen molar-refractivity contribution in [1.29, 1.82) is 0 Å². The average molecular weight is 171 g/mol. The molecule has 2 N–H and O–H groups in total. The monoisotopic (exact) mass is 171 g/mol. The first-order valence-corrected chi connectivity index (χ1v) is 4.77. The van der Waals surface area contributed by atoms with Crippen LogP contribution in [-0.4, -0.2) is 55.1 Å². The van der Waals surface area contributed by atoms with Crippen molar-refractivity contribution in [3.8, 4) is 0 Å². The van der Waals surface area contributed by atoms with Gasteiger partial charge in [0.05, 0.1) is 0 Å². The van der Waals surface area contributed by atoms with Crippen molar-refractivity contribution in [2.45, 2.75) is 25.9 Å². The molecule has 0 spiro atoms. The van der Waals surface area contributed by atoms with Gasteiger partial charge in [-0.05, 0) is 20.9 Å².